The highest BCUT2D eigenvalue weighted by Gasteiger charge is 2.51. The monoisotopic (exact) mass is 352 g/mol. The molecule has 0 aromatic heterocycles. The maximum Gasteiger partial charge on any atom is 0.494 e. The molecule has 1 atom stereocenters. The van der Waals surface area contributed by atoms with Crippen molar-refractivity contribution in [2.24, 2.45) is 5.73 Å². The number of rotatable bonds is 2. The molecule has 2 saturated heterocycles. The van der Waals surface area contributed by atoms with E-state index in [1.54, 1.807) is 0 Å². The molecule has 0 radical (unpaired) electrons. The zero-order valence-electron chi connectivity index (χ0n) is 14.7. The molecule has 0 unspecified atom stereocenters. The van der Waals surface area contributed by atoms with Crippen molar-refractivity contribution in [3.8, 4) is 0 Å². The van der Waals surface area contributed by atoms with Gasteiger partial charge >= 0.3 is 7.12 Å². The van der Waals surface area contributed by atoms with Crippen LogP contribution in [-0.4, -0.2) is 48.3 Å². The van der Waals surface area contributed by atoms with Crippen LogP contribution in [0.1, 0.15) is 44.5 Å². The van der Waals surface area contributed by atoms with Crippen molar-refractivity contribution in [1.82, 2.24) is 4.90 Å². The Labute approximate surface area is 150 Å². The summed E-state index contributed by atoms with van der Waals surface area (Å²) < 4.78 is 12.1. The Bertz CT molecular complexity index is 608. The van der Waals surface area contributed by atoms with Crippen molar-refractivity contribution in [3.63, 3.8) is 0 Å². The van der Waals surface area contributed by atoms with Crippen molar-refractivity contribution in [3.05, 3.63) is 29.8 Å². The predicted octanol–water partition coefficient (Wildman–Crippen LogP) is 1.58. The van der Waals surface area contributed by atoms with Crippen LogP contribution in [0.3, 0.4) is 0 Å². The Morgan fingerprint density at radius 2 is 1.88 bits per heavy atom. The van der Waals surface area contributed by atoms with Gasteiger partial charge in [-0.2, -0.15) is 0 Å². The average Bonchev–Trinajstić information content (AvgIpc) is 3.00. The highest BCUT2D eigenvalue weighted by molar-refractivity contribution is 6.62. The minimum Gasteiger partial charge on any atom is -0.399 e. The molecule has 2 aliphatic heterocycles. The Morgan fingerprint density at radius 1 is 1.25 bits per heavy atom. The van der Waals surface area contributed by atoms with E-state index in [9.17, 15) is 4.79 Å². The summed E-state index contributed by atoms with van der Waals surface area (Å²) in [6.45, 7) is 9.43. The first-order chi connectivity index (χ1) is 10.7. The average molecular weight is 353 g/mol. The summed E-state index contributed by atoms with van der Waals surface area (Å²) in [6, 6.07) is 7.61. The Morgan fingerprint density at radius 3 is 2.42 bits per heavy atom. The second kappa shape index (κ2) is 6.67. The molecule has 0 saturated carbocycles. The van der Waals surface area contributed by atoms with Gasteiger partial charge < -0.3 is 19.9 Å². The topological polar surface area (TPSA) is 64.8 Å². The number of nitrogens with two attached hydrogens (primary N) is 1. The number of nitrogens with zero attached hydrogens (tertiary/aromatic N) is 1. The van der Waals surface area contributed by atoms with Gasteiger partial charge in [0, 0.05) is 24.7 Å². The lowest BCUT2D eigenvalue weighted by Gasteiger charge is -2.32. The molecule has 1 aromatic carbocycles. The highest BCUT2D eigenvalue weighted by atomic mass is 35.5. The molecular formula is C17H26BClN2O3. The Hall–Kier alpha value is -1.08. The number of benzene rings is 1. The van der Waals surface area contributed by atoms with Gasteiger partial charge in [-0.25, -0.2) is 0 Å². The molecule has 2 N–H and O–H groups in total. The van der Waals surface area contributed by atoms with Crippen LogP contribution in [-0.2, 0) is 9.31 Å². The largest absolute Gasteiger partial charge is 0.494 e. The number of likely N-dealkylation sites (tertiary alicyclic amines) is 1. The zero-order chi connectivity index (χ0) is 16.8. The second-order valence-corrected chi connectivity index (χ2v) is 7.51. The lowest BCUT2D eigenvalue weighted by atomic mass is 9.78. The lowest BCUT2D eigenvalue weighted by Crippen LogP contribution is -2.41. The molecule has 1 amide bonds. The fourth-order valence-electron chi connectivity index (χ4n) is 2.95. The van der Waals surface area contributed by atoms with Gasteiger partial charge in [0.1, 0.15) is 0 Å². The van der Waals surface area contributed by atoms with Gasteiger partial charge in [-0.15, -0.1) is 12.4 Å². The SMILES string of the molecule is CC1(C)OB(c2cccc(C(=O)N3CC[C@H](N)C3)c2)OC1(C)C.Cl. The summed E-state index contributed by atoms with van der Waals surface area (Å²) in [4.78, 5) is 14.4. The Kier molecular flexibility index (Phi) is 5.35. The third-order valence-electron chi connectivity index (χ3n) is 5.17. The van der Waals surface area contributed by atoms with E-state index in [4.69, 9.17) is 15.0 Å². The third kappa shape index (κ3) is 3.47. The smallest absolute Gasteiger partial charge is 0.399 e. The van der Waals surface area contributed by atoms with Gasteiger partial charge in [-0.1, -0.05) is 12.1 Å². The van der Waals surface area contributed by atoms with E-state index in [0.29, 0.717) is 12.1 Å². The van der Waals surface area contributed by atoms with Gasteiger partial charge in [-0.05, 0) is 51.7 Å². The fourth-order valence-corrected chi connectivity index (χ4v) is 2.95. The van der Waals surface area contributed by atoms with E-state index in [2.05, 4.69) is 0 Å². The van der Waals surface area contributed by atoms with Gasteiger partial charge in [0.2, 0.25) is 0 Å². The molecule has 0 aliphatic carbocycles. The number of hydrogen-bond donors (Lipinski definition) is 1. The van der Waals surface area contributed by atoms with Crippen LogP contribution in [0.15, 0.2) is 24.3 Å². The van der Waals surface area contributed by atoms with Crippen molar-refractivity contribution in [2.45, 2.75) is 51.4 Å². The standard InChI is InChI=1S/C17H25BN2O3.ClH/c1-16(2)17(3,4)23-18(22-16)13-7-5-6-12(10-13)15(21)20-9-8-14(19)11-20;/h5-7,10,14H,8-9,11,19H2,1-4H3;1H/t14-;/m0./s1. The van der Waals surface area contributed by atoms with Gasteiger partial charge in [0.15, 0.2) is 0 Å². The molecule has 24 heavy (non-hydrogen) atoms. The highest BCUT2D eigenvalue weighted by Crippen LogP contribution is 2.36. The molecule has 3 rings (SSSR count). The van der Waals surface area contributed by atoms with E-state index < -0.39 is 7.12 Å². The van der Waals surface area contributed by atoms with Crippen molar-refractivity contribution < 1.29 is 14.1 Å². The molecule has 0 spiro atoms. The summed E-state index contributed by atoms with van der Waals surface area (Å²) in [5.41, 5.74) is 6.65. The maximum absolute atomic E-state index is 12.6. The molecule has 2 fully saturated rings. The quantitative estimate of drug-likeness (QED) is 0.821. The van der Waals surface area contributed by atoms with Crippen LogP contribution >= 0.6 is 12.4 Å². The molecule has 5 nitrogen and oxygen atoms in total. The maximum atomic E-state index is 12.6. The fraction of sp³-hybridized carbons (Fsp3) is 0.588. The number of carbonyl (C=O) groups is 1. The van der Waals surface area contributed by atoms with Crippen LogP contribution in [0, 0.1) is 0 Å². The van der Waals surface area contributed by atoms with Gasteiger partial charge in [0.05, 0.1) is 11.2 Å². The minimum atomic E-state index is -0.450. The van der Waals surface area contributed by atoms with Crippen molar-refractivity contribution >= 4 is 30.9 Å². The van der Waals surface area contributed by atoms with Crippen LogP contribution in [0.2, 0.25) is 0 Å². The summed E-state index contributed by atoms with van der Waals surface area (Å²) in [6.07, 6.45) is 0.864. The second-order valence-electron chi connectivity index (χ2n) is 7.51. The normalized spacial score (nSPS) is 24.8. The first-order valence-electron chi connectivity index (χ1n) is 8.20. The van der Waals surface area contributed by atoms with Crippen LogP contribution in [0.25, 0.3) is 0 Å². The van der Waals surface area contributed by atoms with Gasteiger partial charge in [0.25, 0.3) is 5.91 Å². The van der Waals surface area contributed by atoms with Crippen molar-refractivity contribution in [1.29, 1.82) is 0 Å². The Balaban J connectivity index is 0.00000208. The summed E-state index contributed by atoms with van der Waals surface area (Å²) in [5.74, 6) is 0.0244. The summed E-state index contributed by atoms with van der Waals surface area (Å²) >= 11 is 0. The molecule has 132 valence electrons. The number of carbonyl (C=O) groups excluding carboxylic acids is 1. The van der Waals surface area contributed by atoms with E-state index >= 15 is 0 Å². The molecule has 7 heteroatoms. The number of halogens is 1. The summed E-state index contributed by atoms with van der Waals surface area (Å²) in [5, 5.41) is 0. The first kappa shape index (κ1) is 19.3. The minimum absolute atomic E-state index is 0. The predicted molar refractivity (Wildman–Crippen MR) is 97.9 cm³/mol. The van der Waals surface area contributed by atoms with E-state index in [-0.39, 0.29) is 35.6 Å². The third-order valence-corrected chi connectivity index (χ3v) is 5.17. The molecule has 2 aliphatic rings. The van der Waals surface area contributed by atoms with Crippen LogP contribution < -0.4 is 11.2 Å². The molecule has 1 aromatic rings. The molecule has 0 bridgehead atoms. The zero-order valence-corrected chi connectivity index (χ0v) is 15.6. The van der Waals surface area contributed by atoms with E-state index in [1.807, 2.05) is 56.9 Å². The molecular weight excluding hydrogens is 326 g/mol. The van der Waals surface area contributed by atoms with Crippen LogP contribution in [0.5, 0.6) is 0 Å². The van der Waals surface area contributed by atoms with E-state index in [1.165, 1.54) is 0 Å². The lowest BCUT2D eigenvalue weighted by molar-refractivity contribution is 0.00578. The van der Waals surface area contributed by atoms with E-state index in [0.717, 1.165) is 18.4 Å². The number of hydrogen-bond acceptors (Lipinski definition) is 4. The first-order valence-corrected chi connectivity index (χ1v) is 8.20. The van der Waals surface area contributed by atoms with Gasteiger partial charge in [-0.3, -0.25) is 4.79 Å². The molecule has 2 heterocycles. The van der Waals surface area contributed by atoms with Crippen LogP contribution in [0.4, 0.5) is 0 Å². The number of amides is 1. The summed E-state index contributed by atoms with van der Waals surface area (Å²) in [7, 11) is -0.450. The van der Waals surface area contributed by atoms with Crippen molar-refractivity contribution in [2.75, 3.05) is 13.1 Å².